The number of anilines is 1. The van der Waals surface area contributed by atoms with E-state index in [2.05, 4.69) is 52.3 Å². The SMILES string of the molecule is Nc1ccc(-c2cc(-c3ccccc3)c3cc(Br)ccc3n2)cc1. The minimum absolute atomic E-state index is 0.756. The van der Waals surface area contributed by atoms with E-state index in [-0.39, 0.29) is 0 Å². The van der Waals surface area contributed by atoms with E-state index in [9.17, 15) is 0 Å². The van der Waals surface area contributed by atoms with Crippen molar-refractivity contribution < 1.29 is 0 Å². The zero-order valence-corrected chi connectivity index (χ0v) is 14.5. The molecule has 0 bridgehead atoms. The molecule has 0 fully saturated rings. The van der Waals surface area contributed by atoms with Gasteiger partial charge in [-0.25, -0.2) is 4.98 Å². The Labute approximate surface area is 149 Å². The molecule has 0 saturated carbocycles. The Hall–Kier alpha value is -2.65. The normalized spacial score (nSPS) is 10.9. The van der Waals surface area contributed by atoms with Crippen LogP contribution in [0.1, 0.15) is 0 Å². The summed E-state index contributed by atoms with van der Waals surface area (Å²) in [5.41, 5.74) is 11.9. The third-order valence-corrected chi connectivity index (χ3v) is 4.56. The van der Waals surface area contributed by atoms with E-state index < -0.39 is 0 Å². The lowest BCUT2D eigenvalue weighted by Gasteiger charge is -2.11. The van der Waals surface area contributed by atoms with Gasteiger partial charge in [0.05, 0.1) is 11.2 Å². The Morgan fingerprint density at radius 1 is 0.750 bits per heavy atom. The Kier molecular flexibility index (Phi) is 3.79. The molecular weight excluding hydrogens is 360 g/mol. The van der Waals surface area contributed by atoms with Gasteiger partial charge in [-0.1, -0.05) is 58.4 Å². The largest absolute Gasteiger partial charge is 0.399 e. The lowest BCUT2D eigenvalue weighted by Crippen LogP contribution is -1.91. The number of nitrogen functional groups attached to an aromatic ring is 1. The molecule has 0 aliphatic rings. The first-order valence-corrected chi connectivity index (χ1v) is 8.52. The molecule has 0 unspecified atom stereocenters. The minimum atomic E-state index is 0.756. The van der Waals surface area contributed by atoms with Crippen LogP contribution in [0.5, 0.6) is 0 Å². The molecule has 2 nitrogen and oxygen atoms in total. The summed E-state index contributed by atoms with van der Waals surface area (Å²) in [6.45, 7) is 0. The summed E-state index contributed by atoms with van der Waals surface area (Å²) >= 11 is 3.57. The van der Waals surface area contributed by atoms with Crippen LogP contribution in [0.25, 0.3) is 33.3 Å². The average molecular weight is 375 g/mol. The maximum atomic E-state index is 5.81. The third-order valence-electron chi connectivity index (χ3n) is 4.06. The second-order valence-corrected chi connectivity index (χ2v) is 6.62. The van der Waals surface area contributed by atoms with Gasteiger partial charge < -0.3 is 5.73 Å². The molecule has 2 N–H and O–H groups in total. The first-order chi connectivity index (χ1) is 11.7. The van der Waals surface area contributed by atoms with Crippen molar-refractivity contribution in [2.45, 2.75) is 0 Å². The zero-order valence-electron chi connectivity index (χ0n) is 12.9. The van der Waals surface area contributed by atoms with Crippen LogP contribution < -0.4 is 5.73 Å². The number of nitrogens with zero attached hydrogens (tertiary/aromatic N) is 1. The number of nitrogens with two attached hydrogens (primary N) is 1. The molecule has 0 atom stereocenters. The highest BCUT2D eigenvalue weighted by atomic mass is 79.9. The van der Waals surface area contributed by atoms with Gasteiger partial charge in [0.2, 0.25) is 0 Å². The predicted molar refractivity (Wildman–Crippen MR) is 105 cm³/mol. The highest BCUT2D eigenvalue weighted by Gasteiger charge is 2.10. The monoisotopic (exact) mass is 374 g/mol. The number of fused-ring (bicyclic) bond motifs is 1. The van der Waals surface area contributed by atoms with E-state index in [1.165, 1.54) is 11.1 Å². The summed E-state index contributed by atoms with van der Waals surface area (Å²) in [7, 11) is 0. The molecule has 0 radical (unpaired) electrons. The van der Waals surface area contributed by atoms with Crippen molar-refractivity contribution >= 4 is 32.5 Å². The number of benzene rings is 3. The number of hydrogen-bond donors (Lipinski definition) is 1. The summed E-state index contributed by atoms with van der Waals surface area (Å²) < 4.78 is 1.05. The van der Waals surface area contributed by atoms with Crippen molar-refractivity contribution in [3.63, 3.8) is 0 Å². The van der Waals surface area contributed by atoms with Crippen LogP contribution in [0, 0.1) is 0 Å². The van der Waals surface area contributed by atoms with Gasteiger partial charge in [-0.05, 0) is 47.5 Å². The van der Waals surface area contributed by atoms with Gasteiger partial charge in [0.25, 0.3) is 0 Å². The third kappa shape index (κ3) is 2.79. The quantitative estimate of drug-likeness (QED) is 0.442. The molecule has 0 spiro atoms. The van der Waals surface area contributed by atoms with Crippen LogP contribution in [0.2, 0.25) is 0 Å². The first kappa shape index (κ1) is 14.9. The van der Waals surface area contributed by atoms with E-state index in [4.69, 9.17) is 10.7 Å². The van der Waals surface area contributed by atoms with E-state index in [1.807, 2.05) is 42.5 Å². The van der Waals surface area contributed by atoms with Crippen molar-refractivity contribution in [1.29, 1.82) is 0 Å². The molecular formula is C21H15BrN2. The highest BCUT2D eigenvalue weighted by Crippen LogP contribution is 2.33. The maximum absolute atomic E-state index is 5.81. The van der Waals surface area contributed by atoms with Gasteiger partial charge in [0.15, 0.2) is 0 Å². The van der Waals surface area contributed by atoms with Gasteiger partial charge >= 0.3 is 0 Å². The minimum Gasteiger partial charge on any atom is -0.399 e. The summed E-state index contributed by atoms with van der Waals surface area (Å²) in [5.74, 6) is 0. The summed E-state index contributed by atoms with van der Waals surface area (Å²) in [5, 5.41) is 1.13. The van der Waals surface area contributed by atoms with Crippen molar-refractivity contribution in [2.24, 2.45) is 0 Å². The summed E-state index contributed by atoms with van der Waals surface area (Å²) in [6.07, 6.45) is 0. The molecule has 1 heterocycles. The van der Waals surface area contributed by atoms with Gasteiger partial charge in [0.1, 0.15) is 0 Å². The molecule has 3 heteroatoms. The van der Waals surface area contributed by atoms with Crippen molar-refractivity contribution in [3.8, 4) is 22.4 Å². The second kappa shape index (κ2) is 6.10. The number of pyridine rings is 1. The summed E-state index contributed by atoms with van der Waals surface area (Å²) in [6, 6.07) is 26.6. The van der Waals surface area contributed by atoms with Gasteiger partial charge in [-0.15, -0.1) is 0 Å². The van der Waals surface area contributed by atoms with E-state index in [1.54, 1.807) is 0 Å². The Balaban J connectivity index is 2.00. The number of aromatic nitrogens is 1. The lowest BCUT2D eigenvalue weighted by molar-refractivity contribution is 1.39. The van der Waals surface area contributed by atoms with Crippen LogP contribution >= 0.6 is 15.9 Å². The van der Waals surface area contributed by atoms with E-state index >= 15 is 0 Å². The van der Waals surface area contributed by atoms with Crippen LogP contribution in [0.15, 0.2) is 83.3 Å². The number of rotatable bonds is 2. The average Bonchev–Trinajstić information content (AvgIpc) is 2.62. The number of hydrogen-bond acceptors (Lipinski definition) is 2. The fourth-order valence-corrected chi connectivity index (χ4v) is 3.22. The van der Waals surface area contributed by atoms with Crippen LogP contribution in [0.4, 0.5) is 5.69 Å². The molecule has 4 aromatic rings. The van der Waals surface area contributed by atoms with Crippen LogP contribution in [0.3, 0.4) is 0 Å². The van der Waals surface area contributed by atoms with Gasteiger partial charge in [-0.2, -0.15) is 0 Å². The molecule has 0 aliphatic heterocycles. The number of halogens is 1. The molecule has 0 saturated heterocycles. The van der Waals surface area contributed by atoms with Crippen LogP contribution in [-0.4, -0.2) is 4.98 Å². The molecule has 3 aromatic carbocycles. The van der Waals surface area contributed by atoms with Gasteiger partial charge in [-0.3, -0.25) is 0 Å². The maximum Gasteiger partial charge on any atom is 0.0716 e. The van der Waals surface area contributed by atoms with E-state index in [0.717, 1.165) is 32.3 Å². The molecule has 1 aromatic heterocycles. The first-order valence-electron chi connectivity index (χ1n) is 7.72. The standard InChI is InChI=1S/C21H15BrN2/c22-16-8-11-20-19(12-16)18(14-4-2-1-3-5-14)13-21(24-20)15-6-9-17(23)10-7-15/h1-13H,23H2. The fourth-order valence-electron chi connectivity index (χ4n) is 2.86. The summed E-state index contributed by atoms with van der Waals surface area (Å²) in [4.78, 5) is 4.84. The van der Waals surface area contributed by atoms with Crippen molar-refractivity contribution in [1.82, 2.24) is 4.98 Å². The Morgan fingerprint density at radius 2 is 1.50 bits per heavy atom. The molecule has 24 heavy (non-hydrogen) atoms. The van der Waals surface area contributed by atoms with E-state index in [0.29, 0.717) is 0 Å². The van der Waals surface area contributed by atoms with Gasteiger partial charge in [0, 0.05) is 21.1 Å². The Morgan fingerprint density at radius 3 is 2.25 bits per heavy atom. The van der Waals surface area contributed by atoms with Crippen molar-refractivity contribution in [2.75, 3.05) is 5.73 Å². The Bertz CT molecular complexity index is 1010. The topological polar surface area (TPSA) is 38.9 Å². The predicted octanol–water partition coefficient (Wildman–Crippen LogP) is 5.91. The van der Waals surface area contributed by atoms with Crippen LogP contribution in [-0.2, 0) is 0 Å². The lowest BCUT2D eigenvalue weighted by atomic mass is 9.98. The smallest absolute Gasteiger partial charge is 0.0716 e. The molecule has 0 amide bonds. The highest BCUT2D eigenvalue weighted by molar-refractivity contribution is 9.10. The zero-order chi connectivity index (χ0) is 16.5. The van der Waals surface area contributed by atoms with Crippen molar-refractivity contribution in [3.05, 3.63) is 83.3 Å². The molecule has 4 rings (SSSR count). The fraction of sp³-hybridized carbons (Fsp3) is 0. The molecule has 0 aliphatic carbocycles. The second-order valence-electron chi connectivity index (χ2n) is 5.70. The molecule has 116 valence electrons.